The van der Waals surface area contributed by atoms with E-state index >= 15 is 0 Å². The second-order valence-electron chi connectivity index (χ2n) is 3.82. The first-order valence-electron chi connectivity index (χ1n) is 5.98. The third kappa shape index (κ3) is 4.77. The fraction of sp³-hybridized carbons (Fsp3) is 0.500. The number of rotatable bonds is 7. The summed E-state index contributed by atoms with van der Waals surface area (Å²) in [6.45, 7) is 7.84. The molecule has 0 fully saturated rings. The molecular weight excluding hydrogens is 217 g/mol. The van der Waals surface area contributed by atoms with Crippen LogP contribution in [-0.2, 0) is 0 Å². The zero-order valence-corrected chi connectivity index (χ0v) is 10.5. The zero-order chi connectivity index (χ0) is 12.7. The molecular formula is C12H20BNO3. The van der Waals surface area contributed by atoms with Crippen molar-refractivity contribution in [3.63, 3.8) is 0 Å². The third-order valence-electron chi connectivity index (χ3n) is 2.75. The summed E-state index contributed by atoms with van der Waals surface area (Å²) in [5.41, 5.74) is 0.473. The van der Waals surface area contributed by atoms with Gasteiger partial charge in [-0.05, 0) is 30.7 Å². The number of nitrogens with zero attached hydrogens (tertiary/aromatic N) is 1. The van der Waals surface area contributed by atoms with Crippen LogP contribution in [-0.4, -0.2) is 48.3 Å². The van der Waals surface area contributed by atoms with Gasteiger partial charge in [0.25, 0.3) is 0 Å². The Labute approximate surface area is 103 Å². The van der Waals surface area contributed by atoms with E-state index in [-0.39, 0.29) is 0 Å². The van der Waals surface area contributed by atoms with Crippen molar-refractivity contribution in [2.45, 2.75) is 13.8 Å². The number of likely N-dealkylation sites (N-methyl/N-ethyl adjacent to an activating group) is 1. The van der Waals surface area contributed by atoms with Crippen LogP contribution in [0, 0.1) is 0 Å². The molecule has 0 aliphatic rings. The van der Waals surface area contributed by atoms with Crippen LogP contribution in [0.3, 0.4) is 0 Å². The number of benzene rings is 1. The van der Waals surface area contributed by atoms with Gasteiger partial charge >= 0.3 is 7.12 Å². The summed E-state index contributed by atoms with van der Waals surface area (Å²) < 4.78 is 5.57. The molecule has 94 valence electrons. The molecule has 4 nitrogen and oxygen atoms in total. The number of ether oxygens (including phenoxy) is 1. The Morgan fingerprint density at radius 2 is 1.71 bits per heavy atom. The fourth-order valence-corrected chi connectivity index (χ4v) is 1.57. The summed E-state index contributed by atoms with van der Waals surface area (Å²) in [6.07, 6.45) is 0. The molecule has 0 atom stereocenters. The first-order chi connectivity index (χ1) is 8.17. The first-order valence-corrected chi connectivity index (χ1v) is 5.98. The molecule has 1 aromatic carbocycles. The summed E-state index contributed by atoms with van der Waals surface area (Å²) in [5.74, 6) is 0.751. The Morgan fingerprint density at radius 1 is 1.12 bits per heavy atom. The maximum Gasteiger partial charge on any atom is 0.488 e. The lowest BCUT2D eigenvalue weighted by atomic mass is 9.80. The van der Waals surface area contributed by atoms with Crippen molar-refractivity contribution >= 4 is 12.6 Å². The standard InChI is InChI=1S/C12H20BNO3/c1-3-14(4-2)9-10-17-12-7-5-11(6-8-12)13(15)16/h5-8,15-16H,3-4,9-10H2,1-2H3. The minimum Gasteiger partial charge on any atom is -0.492 e. The van der Waals surface area contributed by atoms with E-state index in [1.54, 1.807) is 24.3 Å². The second kappa shape index (κ2) is 7.32. The molecule has 1 rings (SSSR count). The van der Waals surface area contributed by atoms with E-state index in [1.165, 1.54) is 0 Å². The highest BCUT2D eigenvalue weighted by Crippen LogP contribution is 2.07. The summed E-state index contributed by atoms with van der Waals surface area (Å²) in [6, 6.07) is 6.79. The smallest absolute Gasteiger partial charge is 0.488 e. The monoisotopic (exact) mass is 237 g/mol. The molecule has 17 heavy (non-hydrogen) atoms. The molecule has 0 saturated heterocycles. The van der Waals surface area contributed by atoms with Gasteiger partial charge in [-0.1, -0.05) is 26.0 Å². The highest BCUT2D eigenvalue weighted by Gasteiger charge is 2.09. The van der Waals surface area contributed by atoms with Gasteiger partial charge in [-0.3, -0.25) is 0 Å². The maximum absolute atomic E-state index is 8.94. The topological polar surface area (TPSA) is 52.9 Å². The van der Waals surface area contributed by atoms with E-state index in [0.717, 1.165) is 25.4 Å². The molecule has 0 aliphatic carbocycles. The van der Waals surface area contributed by atoms with Gasteiger partial charge < -0.3 is 19.7 Å². The van der Waals surface area contributed by atoms with Crippen LogP contribution in [0.15, 0.2) is 24.3 Å². The average molecular weight is 237 g/mol. The molecule has 0 unspecified atom stereocenters. The van der Waals surface area contributed by atoms with Crippen molar-refractivity contribution in [1.82, 2.24) is 4.90 Å². The molecule has 0 radical (unpaired) electrons. The minimum absolute atomic E-state index is 0.473. The number of hydrogen-bond acceptors (Lipinski definition) is 4. The number of hydrogen-bond donors (Lipinski definition) is 2. The normalized spacial score (nSPS) is 10.6. The molecule has 0 aromatic heterocycles. The van der Waals surface area contributed by atoms with Gasteiger partial charge in [-0.15, -0.1) is 0 Å². The van der Waals surface area contributed by atoms with Crippen LogP contribution in [0.2, 0.25) is 0 Å². The van der Waals surface area contributed by atoms with E-state index in [1.807, 2.05) is 0 Å². The van der Waals surface area contributed by atoms with Gasteiger partial charge in [0.1, 0.15) is 12.4 Å². The van der Waals surface area contributed by atoms with Crippen molar-refractivity contribution < 1.29 is 14.8 Å². The first kappa shape index (κ1) is 14.0. The lowest BCUT2D eigenvalue weighted by molar-refractivity contribution is 0.223. The quantitative estimate of drug-likeness (QED) is 0.660. The SMILES string of the molecule is CCN(CC)CCOc1ccc(B(O)O)cc1. The molecule has 0 spiro atoms. The maximum atomic E-state index is 8.94. The van der Waals surface area contributed by atoms with Gasteiger partial charge in [0.05, 0.1) is 0 Å². The van der Waals surface area contributed by atoms with Crippen molar-refractivity contribution in [3.8, 4) is 5.75 Å². The van der Waals surface area contributed by atoms with E-state index in [0.29, 0.717) is 12.1 Å². The minimum atomic E-state index is -1.42. The molecule has 1 aromatic rings. The van der Waals surface area contributed by atoms with Crippen LogP contribution < -0.4 is 10.2 Å². The van der Waals surface area contributed by atoms with Gasteiger partial charge in [-0.2, -0.15) is 0 Å². The fourth-order valence-electron chi connectivity index (χ4n) is 1.57. The van der Waals surface area contributed by atoms with Crippen LogP contribution in [0.1, 0.15) is 13.8 Å². The highest BCUT2D eigenvalue weighted by atomic mass is 16.5. The highest BCUT2D eigenvalue weighted by molar-refractivity contribution is 6.58. The van der Waals surface area contributed by atoms with Gasteiger partial charge in [0, 0.05) is 6.54 Å². The van der Waals surface area contributed by atoms with Crippen molar-refractivity contribution in [3.05, 3.63) is 24.3 Å². The third-order valence-corrected chi connectivity index (χ3v) is 2.75. The molecule has 0 saturated carbocycles. The molecule has 0 bridgehead atoms. The van der Waals surface area contributed by atoms with Gasteiger partial charge in [0.2, 0.25) is 0 Å². The Hall–Kier alpha value is -1.04. The largest absolute Gasteiger partial charge is 0.492 e. The van der Waals surface area contributed by atoms with Gasteiger partial charge in [0.15, 0.2) is 0 Å². The summed E-state index contributed by atoms with van der Waals surface area (Å²) >= 11 is 0. The Morgan fingerprint density at radius 3 is 2.18 bits per heavy atom. The van der Waals surface area contributed by atoms with Crippen molar-refractivity contribution in [1.29, 1.82) is 0 Å². The summed E-state index contributed by atoms with van der Waals surface area (Å²) in [4.78, 5) is 2.28. The second-order valence-corrected chi connectivity index (χ2v) is 3.82. The van der Waals surface area contributed by atoms with Crippen LogP contribution in [0.4, 0.5) is 0 Å². The van der Waals surface area contributed by atoms with E-state index in [9.17, 15) is 0 Å². The lowest BCUT2D eigenvalue weighted by Crippen LogP contribution is -2.29. The van der Waals surface area contributed by atoms with Gasteiger partial charge in [-0.25, -0.2) is 0 Å². The van der Waals surface area contributed by atoms with E-state index in [4.69, 9.17) is 14.8 Å². The van der Waals surface area contributed by atoms with Crippen LogP contribution in [0.5, 0.6) is 5.75 Å². The molecule has 0 amide bonds. The Kier molecular flexibility index (Phi) is 6.04. The average Bonchev–Trinajstić information content (AvgIpc) is 2.35. The van der Waals surface area contributed by atoms with E-state index in [2.05, 4.69) is 18.7 Å². The van der Waals surface area contributed by atoms with Crippen LogP contribution >= 0.6 is 0 Å². The Bertz CT molecular complexity index is 312. The lowest BCUT2D eigenvalue weighted by Gasteiger charge is -2.18. The van der Waals surface area contributed by atoms with Crippen LogP contribution in [0.25, 0.3) is 0 Å². The predicted octanol–water partition coefficient (Wildman–Crippen LogP) is 0.0870. The summed E-state index contributed by atoms with van der Waals surface area (Å²) in [7, 11) is -1.42. The van der Waals surface area contributed by atoms with Crippen molar-refractivity contribution in [2.75, 3.05) is 26.2 Å². The zero-order valence-electron chi connectivity index (χ0n) is 10.5. The molecule has 5 heteroatoms. The van der Waals surface area contributed by atoms with Crippen molar-refractivity contribution in [2.24, 2.45) is 0 Å². The predicted molar refractivity (Wildman–Crippen MR) is 69.6 cm³/mol. The molecule has 0 heterocycles. The molecule has 0 aliphatic heterocycles. The molecule has 2 N–H and O–H groups in total. The van der Waals surface area contributed by atoms with E-state index < -0.39 is 7.12 Å². The Balaban J connectivity index is 2.37. The summed E-state index contributed by atoms with van der Waals surface area (Å²) in [5, 5.41) is 17.9.